The normalized spacial score (nSPS) is 13.3. The van der Waals surface area contributed by atoms with Gasteiger partial charge in [0.25, 0.3) is 0 Å². The van der Waals surface area contributed by atoms with E-state index < -0.39 is 16.0 Å². The Bertz CT molecular complexity index is 910. The van der Waals surface area contributed by atoms with Gasteiger partial charge in [-0.25, -0.2) is 17.9 Å². The Morgan fingerprint density at radius 2 is 1.92 bits per heavy atom. The quantitative estimate of drug-likeness (QED) is 0.776. The second-order valence-corrected chi connectivity index (χ2v) is 7.28. The molecule has 8 heteroatoms. The van der Waals surface area contributed by atoms with Crippen LogP contribution in [0.3, 0.4) is 0 Å². The summed E-state index contributed by atoms with van der Waals surface area (Å²) in [5.41, 5.74) is 0.857. The molecule has 0 bridgehead atoms. The molecule has 3 rings (SSSR count). The monoisotopic (exact) mass is 377 g/mol. The summed E-state index contributed by atoms with van der Waals surface area (Å²) in [7, 11) is -3.81. The van der Waals surface area contributed by atoms with Crippen molar-refractivity contribution >= 4 is 16.0 Å². The van der Waals surface area contributed by atoms with Gasteiger partial charge in [-0.2, -0.15) is 0 Å². The van der Waals surface area contributed by atoms with Crippen LogP contribution >= 0.6 is 0 Å². The van der Waals surface area contributed by atoms with Crippen molar-refractivity contribution in [2.24, 2.45) is 0 Å². The maximum Gasteiger partial charge on any atom is 0.338 e. The zero-order valence-corrected chi connectivity index (χ0v) is 15.0. The lowest BCUT2D eigenvalue weighted by Crippen LogP contribution is -2.25. The molecule has 0 saturated heterocycles. The third-order valence-corrected chi connectivity index (χ3v) is 5.15. The van der Waals surface area contributed by atoms with Gasteiger partial charge >= 0.3 is 5.97 Å². The molecule has 0 saturated carbocycles. The van der Waals surface area contributed by atoms with Crippen molar-refractivity contribution in [3.8, 4) is 11.5 Å². The summed E-state index contributed by atoms with van der Waals surface area (Å²) in [6.07, 6.45) is 0. The first-order valence-corrected chi connectivity index (χ1v) is 9.64. The lowest BCUT2D eigenvalue weighted by molar-refractivity contribution is 0.0526. The maximum atomic E-state index is 12.6. The number of rotatable bonds is 6. The van der Waals surface area contributed by atoms with Crippen molar-refractivity contribution in [2.45, 2.75) is 18.4 Å². The average molecular weight is 377 g/mol. The fourth-order valence-corrected chi connectivity index (χ4v) is 3.59. The molecule has 26 heavy (non-hydrogen) atoms. The molecule has 1 aliphatic heterocycles. The summed E-state index contributed by atoms with van der Waals surface area (Å²) in [5, 5.41) is 0. The fourth-order valence-electron chi connectivity index (χ4n) is 2.53. The Labute approximate surface area is 151 Å². The standard InChI is InChI=1S/C18H19NO6S/c1-2-23-18(20)13-5-3-7-15(11-13)26(21,22)19-12-14-6-4-8-16-17(14)25-10-9-24-16/h3-8,11,19H,2,9-10,12H2,1H3. The SMILES string of the molecule is CCOC(=O)c1cccc(S(=O)(=O)NCc2cccc3c2OCCO3)c1. The van der Waals surface area contributed by atoms with Crippen LogP contribution in [0.4, 0.5) is 0 Å². The van der Waals surface area contributed by atoms with Crippen LogP contribution in [-0.4, -0.2) is 34.2 Å². The minimum absolute atomic E-state index is 0.00924. The smallest absolute Gasteiger partial charge is 0.338 e. The number of benzene rings is 2. The van der Waals surface area contributed by atoms with Gasteiger partial charge in [0.15, 0.2) is 11.5 Å². The molecular formula is C18H19NO6S. The van der Waals surface area contributed by atoms with Crippen molar-refractivity contribution < 1.29 is 27.4 Å². The number of ether oxygens (including phenoxy) is 3. The Hall–Kier alpha value is -2.58. The van der Waals surface area contributed by atoms with Crippen LogP contribution in [0.1, 0.15) is 22.8 Å². The van der Waals surface area contributed by atoms with Gasteiger partial charge < -0.3 is 14.2 Å². The molecule has 7 nitrogen and oxygen atoms in total. The van der Waals surface area contributed by atoms with Gasteiger partial charge in [0.2, 0.25) is 10.0 Å². The number of esters is 1. The molecule has 2 aromatic rings. The van der Waals surface area contributed by atoms with Crippen molar-refractivity contribution in [3.05, 3.63) is 53.6 Å². The van der Waals surface area contributed by atoms with E-state index in [1.165, 1.54) is 24.3 Å². The minimum atomic E-state index is -3.81. The second kappa shape index (κ2) is 7.76. The number of carbonyl (C=O) groups is 1. The summed E-state index contributed by atoms with van der Waals surface area (Å²) in [5.74, 6) is 0.575. The van der Waals surface area contributed by atoms with E-state index in [4.69, 9.17) is 14.2 Å². The highest BCUT2D eigenvalue weighted by Gasteiger charge is 2.20. The van der Waals surface area contributed by atoms with Crippen molar-refractivity contribution in [2.75, 3.05) is 19.8 Å². The van der Waals surface area contributed by atoms with E-state index >= 15 is 0 Å². The molecule has 0 spiro atoms. The average Bonchev–Trinajstić information content (AvgIpc) is 2.66. The molecule has 0 radical (unpaired) electrons. The van der Waals surface area contributed by atoms with Crippen LogP contribution in [0.15, 0.2) is 47.4 Å². The van der Waals surface area contributed by atoms with E-state index in [0.29, 0.717) is 30.3 Å². The number of carbonyl (C=O) groups excluding carboxylic acids is 1. The van der Waals surface area contributed by atoms with Crippen molar-refractivity contribution in [1.29, 1.82) is 0 Å². The van der Waals surface area contributed by atoms with E-state index in [1.807, 2.05) is 0 Å². The summed E-state index contributed by atoms with van der Waals surface area (Å²) < 4.78 is 43.6. The van der Waals surface area contributed by atoms with Crippen molar-refractivity contribution in [1.82, 2.24) is 4.72 Å². The van der Waals surface area contributed by atoms with E-state index in [-0.39, 0.29) is 23.6 Å². The van der Waals surface area contributed by atoms with Gasteiger partial charge in [0, 0.05) is 12.1 Å². The first-order chi connectivity index (χ1) is 12.5. The van der Waals surface area contributed by atoms with Gasteiger partial charge in [-0.1, -0.05) is 18.2 Å². The third kappa shape index (κ3) is 3.97. The largest absolute Gasteiger partial charge is 0.486 e. The maximum absolute atomic E-state index is 12.6. The van der Waals surface area contributed by atoms with Crippen LogP contribution < -0.4 is 14.2 Å². The van der Waals surface area contributed by atoms with Crippen LogP contribution in [0.5, 0.6) is 11.5 Å². The van der Waals surface area contributed by atoms with Gasteiger partial charge in [0.1, 0.15) is 13.2 Å². The molecule has 2 aromatic carbocycles. The molecule has 0 aliphatic carbocycles. The lowest BCUT2D eigenvalue weighted by Gasteiger charge is -2.21. The third-order valence-electron chi connectivity index (χ3n) is 3.76. The van der Waals surface area contributed by atoms with E-state index in [2.05, 4.69) is 4.72 Å². The number of sulfonamides is 1. The predicted octanol–water partition coefficient (Wildman–Crippen LogP) is 2.11. The molecular weight excluding hydrogens is 358 g/mol. The summed E-state index contributed by atoms with van der Waals surface area (Å²) in [6, 6.07) is 11.0. The van der Waals surface area contributed by atoms with E-state index in [0.717, 1.165) is 0 Å². The first-order valence-electron chi connectivity index (χ1n) is 8.15. The highest BCUT2D eigenvalue weighted by atomic mass is 32.2. The van der Waals surface area contributed by atoms with Crippen LogP contribution in [0.25, 0.3) is 0 Å². The van der Waals surface area contributed by atoms with Gasteiger partial charge in [-0.05, 0) is 31.2 Å². The molecule has 0 fully saturated rings. The van der Waals surface area contributed by atoms with Crippen LogP contribution in [0, 0.1) is 0 Å². The second-order valence-electron chi connectivity index (χ2n) is 5.51. The number of nitrogens with one attached hydrogen (secondary N) is 1. The van der Waals surface area contributed by atoms with Crippen LogP contribution in [0.2, 0.25) is 0 Å². The van der Waals surface area contributed by atoms with Crippen LogP contribution in [-0.2, 0) is 21.3 Å². The zero-order valence-electron chi connectivity index (χ0n) is 14.2. The predicted molar refractivity (Wildman–Crippen MR) is 93.9 cm³/mol. The van der Waals surface area contributed by atoms with Gasteiger partial charge in [0.05, 0.1) is 17.1 Å². The molecule has 1 heterocycles. The van der Waals surface area contributed by atoms with Gasteiger partial charge in [-0.15, -0.1) is 0 Å². The molecule has 0 unspecified atom stereocenters. The zero-order chi connectivity index (χ0) is 18.6. The molecule has 0 aromatic heterocycles. The van der Waals surface area contributed by atoms with E-state index in [9.17, 15) is 13.2 Å². The highest BCUT2D eigenvalue weighted by molar-refractivity contribution is 7.89. The lowest BCUT2D eigenvalue weighted by atomic mass is 10.2. The van der Waals surface area contributed by atoms with E-state index in [1.54, 1.807) is 25.1 Å². The molecule has 138 valence electrons. The molecule has 1 N–H and O–H groups in total. The van der Waals surface area contributed by atoms with Gasteiger partial charge in [-0.3, -0.25) is 0 Å². The Morgan fingerprint density at radius 3 is 2.73 bits per heavy atom. The number of para-hydroxylation sites is 1. The Balaban J connectivity index is 1.78. The Morgan fingerprint density at radius 1 is 1.15 bits per heavy atom. The topological polar surface area (TPSA) is 90.9 Å². The summed E-state index contributed by atoms with van der Waals surface area (Å²) >= 11 is 0. The Kier molecular flexibility index (Phi) is 5.43. The molecule has 1 aliphatic rings. The molecule has 0 atom stereocenters. The number of fused-ring (bicyclic) bond motifs is 1. The van der Waals surface area contributed by atoms with Crippen molar-refractivity contribution in [3.63, 3.8) is 0 Å². The number of hydrogen-bond donors (Lipinski definition) is 1. The fraction of sp³-hybridized carbons (Fsp3) is 0.278. The minimum Gasteiger partial charge on any atom is -0.486 e. The number of hydrogen-bond acceptors (Lipinski definition) is 6. The highest BCUT2D eigenvalue weighted by Crippen LogP contribution is 2.33. The molecule has 0 amide bonds. The summed E-state index contributed by atoms with van der Waals surface area (Å²) in [4.78, 5) is 11.8. The summed E-state index contributed by atoms with van der Waals surface area (Å²) in [6.45, 7) is 2.82. The first kappa shape index (κ1) is 18.2.